The van der Waals surface area contributed by atoms with Crippen LogP contribution in [0.1, 0.15) is 131 Å². The van der Waals surface area contributed by atoms with Gasteiger partial charge in [0, 0.05) is 25.1 Å². The molecule has 0 atom stereocenters. The number of fused-ring (bicyclic) bond motifs is 1. The van der Waals surface area contributed by atoms with E-state index in [2.05, 4.69) is 54.1 Å². The molecule has 4 nitrogen and oxygen atoms in total. The monoisotopic (exact) mass is 531 g/mol. The van der Waals surface area contributed by atoms with Crippen molar-refractivity contribution in [1.29, 1.82) is 0 Å². The Morgan fingerprint density at radius 2 is 1.38 bits per heavy atom. The molecule has 0 spiro atoms. The van der Waals surface area contributed by atoms with E-state index >= 15 is 0 Å². The first-order chi connectivity index (χ1) is 19.1. The lowest BCUT2D eigenvalue weighted by molar-refractivity contribution is 0.0952. The third kappa shape index (κ3) is 10.8. The Kier molecular flexibility index (Phi) is 14.2. The quantitative estimate of drug-likeness (QED) is 0.148. The predicted molar refractivity (Wildman–Crippen MR) is 167 cm³/mol. The molecule has 0 aliphatic carbocycles. The van der Waals surface area contributed by atoms with Gasteiger partial charge in [0.05, 0.1) is 11.0 Å². The summed E-state index contributed by atoms with van der Waals surface area (Å²) in [6.07, 6.45) is 21.1. The molecule has 0 saturated heterocycles. The van der Waals surface area contributed by atoms with Crippen molar-refractivity contribution in [2.75, 3.05) is 6.54 Å². The van der Waals surface area contributed by atoms with Gasteiger partial charge in [0.2, 0.25) is 0 Å². The van der Waals surface area contributed by atoms with Crippen molar-refractivity contribution in [3.63, 3.8) is 0 Å². The average molecular weight is 532 g/mol. The molecule has 0 bridgehead atoms. The molecule has 0 aliphatic rings. The summed E-state index contributed by atoms with van der Waals surface area (Å²) in [6.45, 7) is 8.04. The molecule has 0 fully saturated rings. The fraction of sp³-hybridized carbons (Fsp3) is 0.600. The number of nitrogens with zero attached hydrogens (tertiary/aromatic N) is 2. The number of imidazole rings is 1. The first-order valence-electron chi connectivity index (χ1n) is 15.9. The molecule has 0 saturated carbocycles. The van der Waals surface area contributed by atoms with Crippen LogP contribution >= 0.6 is 0 Å². The maximum Gasteiger partial charge on any atom is 0.251 e. The molecule has 39 heavy (non-hydrogen) atoms. The third-order valence-corrected chi connectivity index (χ3v) is 7.96. The Bertz CT molecular complexity index is 1120. The maximum atomic E-state index is 12.6. The molecule has 1 heterocycles. The summed E-state index contributed by atoms with van der Waals surface area (Å²) in [6, 6.07) is 14.5. The van der Waals surface area contributed by atoms with Crippen molar-refractivity contribution in [3.05, 3.63) is 65.0 Å². The van der Waals surface area contributed by atoms with Gasteiger partial charge in [0.15, 0.2) is 0 Å². The summed E-state index contributed by atoms with van der Waals surface area (Å²) >= 11 is 0. The van der Waals surface area contributed by atoms with Crippen molar-refractivity contribution in [2.45, 2.75) is 130 Å². The molecule has 0 aliphatic heterocycles. The number of aryl methyl sites for hydroxylation is 4. The summed E-state index contributed by atoms with van der Waals surface area (Å²) in [5.41, 5.74) is 5.30. The highest BCUT2D eigenvalue weighted by Gasteiger charge is 2.12. The lowest BCUT2D eigenvalue weighted by atomic mass is 10.0. The zero-order valence-corrected chi connectivity index (χ0v) is 25.1. The lowest BCUT2D eigenvalue weighted by Gasteiger charge is -2.11. The van der Waals surface area contributed by atoms with Crippen LogP contribution < -0.4 is 5.32 Å². The number of carbonyl (C=O) groups is 1. The van der Waals surface area contributed by atoms with Crippen LogP contribution in [0.25, 0.3) is 11.0 Å². The van der Waals surface area contributed by atoms with E-state index in [0.29, 0.717) is 6.54 Å². The number of carbonyl (C=O) groups excluding carboxylic acids is 1. The fourth-order valence-corrected chi connectivity index (χ4v) is 5.64. The summed E-state index contributed by atoms with van der Waals surface area (Å²) in [4.78, 5) is 17.6. The van der Waals surface area contributed by atoms with E-state index < -0.39 is 0 Å². The van der Waals surface area contributed by atoms with E-state index in [4.69, 9.17) is 4.98 Å². The van der Waals surface area contributed by atoms with Crippen LogP contribution in [-0.4, -0.2) is 22.0 Å². The van der Waals surface area contributed by atoms with Crippen LogP contribution in [0.15, 0.2) is 42.5 Å². The molecule has 0 radical (unpaired) electrons. The summed E-state index contributed by atoms with van der Waals surface area (Å²) in [5.74, 6) is 1.16. The van der Waals surface area contributed by atoms with Gasteiger partial charge in [-0.25, -0.2) is 4.98 Å². The molecule has 4 heteroatoms. The predicted octanol–water partition coefficient (Wildman–Crippen LogP) is 9.50. The van der Waals surface area contributed by atoms with Crippen molar-refractivity contribution < 1.29 is 4.79 Å². The molecular formula is C35H53N3O. The smallest absolute Gasteiger partial charge is 0.251 e. The Balaban J connectivity index is 1.34. The van der Waals surface area contributed by atoms with E-state index in [-0.39, 0.29) is 5.91 Å². The number of rotatable bonds is 20. The second kappa shape index (κ2) is 17.9. The van der Waals surface area contributed by atoms with E-state index in [0.717, 1.165) is 41.9 Å². The second-order valence-electron chi connectivity index (χ2n) is 11.4. The minimum atomic E-state index is 0.0170. The van der Waals surface area contributed by atoms with E-state index in [1.165, 1.54) is 101 Å². The molecule has 1 amide bonds. The molecular weight excluding hydrogens is 478 g/mol. The zero-order chi connectivity index (χ0) is 27.7. The molecule has 2 aromatic carbocycles. The van der Waals surface area contributed by atoms with Crippen LogP contribution in [0.2, 0.25) is 0 Å². The van der Waals surface area contributed by atoms with Crippen LogP contribution in [0, 0.1) is 13.8 Å². The van der Waals surface area contributed by atoms with Gasteiger partial charge in [-0.2, -0.15) is 0 Å². The molecule has 1 aromatic heterocycles. The van der Waals surface area contributed by atoms with Gasteiger partial charge < -0.3 is 9.88 Å². The summed E-state index contributed by atoms with van der Waals surface area (Å²) in [5, 5.41) is 3.10. The number of aromatic nitrogens is 2. The van der Waals surface area contributed by atoms with Crippen LogP contribution in [0.3, 0.4) is 0 Å². The van der Waals surface area contributed by atoms with Crippen LogP contribution in [0.4, 0.5) is 0 Å². The Labute approximate surface area is 238 Å². The minimum Gasteiger partial charge on any atom is -0.352 e. The molecule has 3 aromatic rings. The van der Waals surface area contributed by atoms with E-state index in [1.807, 2.05) is 19.1 Å². The fourth-order valence-electron chi connectivity index (χ4n) is 5.64. The number of amides is 1. The normalized spacial score (nSPS) is 11.4. The van der Waals surface area contributed by atoms with Crippen molar-refractivity contribution in [3.8, 4) is 0 Å². The molecule has 0 unspecified atom stereocenters. The zero-order valence-electron chi connectivity index (χ0n) is 25.1. The average Bonchev–Trinajstić information content (AvgIpc) is 3.28. The first kappa shape index (κ1) is 30.9. The first-order valence-corrected chi connectivity index (χ1v) is 15.9. The van der Waals surface area contributed by atoms with Gasteiger partial charge in [0.1, 0.15) is 5.82 Å². The van der Waals surface area contributed by atoms with Crippen LogP contribution in [-0.2, 0) is 13.0 Å². The van der Waals surface area contributed by atoms with Crippen molar-refractivity contribution >= 4 is 16.9 Å². The van der Waals surface area contributed by atoms with Gasteiger partial charge in [-0.15, -0.1) is 0 Å². The third-order valence-electron chi connectivity index (χ3n) is 7.96. The number of para-hydroxylation sites is 2. The largest absolute Gasteiger partial charge is 0.352 e. The van der Waals surface area contributed by atoms with Gasteiger partial charge in [-0.1, -0.05) is 120 Å². The number of benzene rings is 2. The van der Waals surface area contributed by atoms with Gasteiger partial charge in [0.25, 0.3) is 5.91 Å². The molecule has 3 rings (SSSR count). The van der Waals surface area contributed by atoms with Gasteiger partial charge in [-0.3, -0.25) is 4.79 Å². The summed E-state index contributed by atoms with van der Waals surface area (Å²) in [7, 11) is 0. The van der Waals surface area contributed by atoms with Gasteiger partial charge in [-0.05, 0) is 50.5 Å². The topological polar surface area (TPSA) is 46.9 Å². The highest BCUT2D eigenvalue weighted by molar-refractivity contribution is 5.95. The Morgan fingerprint density at radius 1 is 0.769 bits per heavy atom. The molecule has 214 valence electrons. The van der Waals surface area contributed by atoms with Crippen LogP contribution in [0.5, 0.6) is 0 Å². The number of nitrogens with one attached hydrogen (secondary N) is 1. The SMILES string of the molecule is CCCCCCCCCCCCCCCCn1c(CCCNC(=O)c2ccc(C)cc2C)nc2ccccc21. The Morgan fingerprint density at radius 3 is 2.03 bits per heavy atom. The second-order valence-corrected chi connectivity index (χ2v) is 11.4. The summed E-state index contributed by atoms with van der Waals surface area (Å²) < 4.78 is 2.42. The lowest BCUT2D eigenvalue weighted by Crippen LogP contribution is -2.25. The number of unbranched alkanes of at least 4 members (excludes halogenated alkanes) is 13. The van der Waals surface area contributed by atoms with E-state index in [9.17, 15) is 4.79 Å². The Hall–Kier alpha value is -2.62. The molecule has 1 N–H and O–H groups in total. The van der Waals surface area contributed by atoms with Crippen molar-refractivity contribution in [2.24, 2.45) is 0 Å². The highest BCUT2D eigenvalue weighted by Crippen LogP contribution is 2.19. The minimum absolute atomic E-state index is 0.0170. The standard InChI is InChI=1S/C35H53N3O/c1-4-5-6-7-8-9-10-11-12-13-14-15-16-19-27-38-33-22-18-17-21-32(33)37-34(38)23-20-26-36-35(39)31-25-24-29(2)28-30(31)3/h17-18,21-22,24-25,28H,4-16,19-20,23,26-27H2,1-3H3,(H,36,39). The number of hydrogen-bond acceptors (Lipinski definition) is 2. The number of hydrogen-bond donors (Lipinski definition) is 1. The highest BCUT2D eigenvalue weighted by atomic mass is 16.1. The maximum absolute atomic E-state index is 12.6. The van der Waals surface area contributed by atoms with Gasteiger partial charge >= 0.3 is 0 Å². The van der Waals surface area contributed by atoms with E-state index in [1.54, 1.807) is 0 Å². The van der Waals surface area contributed by atoms with Crippen molar-refractivity contribution in [1.82, 2.24) is 14.9 Å².